The predicted octanol–water partition coefficient (Wildman–Crippen LogP) is 6.25. The second kappa shape index (κ2) is 16.8. The van der Waals surface area contributed by atoms with Crippen molar-refractivity contribution in [3.8, 4) is 0 Å². The lowest BCUT2D eigenvalue weighted by atomic mass is 9.78. The van der Waals surface area contributed by atoms with Crippen molar-refractivity contribution in [1.29, 1.82) is 0 Å². The summed E-state index contributed by atoms with van der Waals surface area (Å²) in [6.07, 6.45) is 1.28. The second-order valence-electron chi connectivity index (χ2n) is 12.9. The zero-order chi connectivity index (χ0) is 33.3. The molecule has 0 aromatic heterocycles. The van der Waals surface area contributed by atoms with Crippen LogP contribution in [0.3, 0.4) is 0 Å². The molecule has 3 rings (SSSR count). The highest BCUT2D eigenvalue weighted by Gasteiger charge is 2.29. The fourth-order valence-corrected chi connectivity index (χ4v) is 5.59. The molecule has 1 aliphatic carbocycles. The van der Waals surface area contributed by atoms with Gasteiger partial charge < -0.3 is 24.7 Å². The Morgan fingerprint density at radius 2 is 1.47 bits per heavy atom. The minimum absolute atomic E-state index is 0.00668. The van der Waals surface area contributed by atoms with Gasteiger partial charge in [-0.25, -0.2) is 0 Å². The number of hydrogen-bond acceptors (Lipinski definition) is 6. The molecule has 0 heterocycles. The molecule has 3 unspecified atom stereocenters. The Labute approximate surface area is 269 Å². The fraction of sp³-hybridized carbons (Fsp3) is 0.528. The van der Waals surface area contributed by atoms with Crippen molar-refractivity contribution in [1.82, 2.24) is 5.32 Å². The first-order valence-electron chi connectivity index (χ1n) is 16.2. The second-order valence-corrected chi connectivity index (χ2v) is 12.9. The van der Waals surface area contributed by atoms with Crippen LogP contribution in [0.2, 0.25) is 0 Å². The molecule has 0 fully saturated rings. The minimum atomic E-state index is -0.737. The van der Waals surface area contributed by atoms with Crippen LogP contribution in [0.1, 0.15) is 98.6 Å². The van der Waals surface area contributed by atoms with E-state index in [1.165, 1.54) is 22.3 Å². The van der Waals surface area contributed by atoms with Gasteiger partial charge in [0, 0.05) is 36.2 Å². The molecule has 0 saturated carbocycles. The molecule has 2 aromatic carbocycles. The smallest absolute Gasteiger partial charge is 0.465 e. The third-order valence-corrected chi connectivity index (χ3v) is 8.30. The summed E-state index contributed by atoms with van der Waals surface area (Å²) in [7, 11) is -0.502. The van der Waals surface area contributed by atoms with Gasteiger partial charge in [-0.05, 0) is 102 Å². The van der Waals surface area contributed by atoms with Gasteiger partial charge >= 0.3 is 13.1 Å². The number of anilines is 1. The molecule has 45 heavy (non-hydrogen) atoms. The average molecular weight is 619 g/mol. The quantitative estimate of drug-likeness (QED) is 0.170. The van der Waals surface area contributed by atoms with Crippen LogP contribution in [0, 0.1) is 11.8 Å². The molecular weight excluding hydrogens is 567 g/mol. The first-order chi connectivity index (χ1) is 21.3. The molecule has 244 valence electrons. The van der Waals surface area contributed by atoms with E-state index in [9.17, 15) is 14.4 Å². The monoisotopic (exact) mass is 618 g/mol. The van der Waals surface area contributed by atoms with Crippen LogP contribution in [0.4, 0.5) is 5.69 Å². The van der Waals surface area contributed by atoms with E-state index < -0.39 is 13.2 Å². The summed E-state index contributed by atoms with van der Waals surface area (Å²) in [6, 6.07) is 14.8. The summed E-state index contributed by atoms with van der Waals surface area (Å²) in [5.41, 5.74) is 6.37. The topological polar surface area (TPSA) is 103 Å². The van der Waals surface area contributed by atoms with Gasteiger partial charge in [0.15, 0.2) is 0 Å². The summed E-state index contributed by atoms with van der Waals surface area (Å²) in [5, 5.41) is 5.73. The Bertz CT molecular complexity index is 1330. The van der Waals surface area contributed by atoms with Gasteiger partial charge in [-0.3, -0.25) is 14.4 Å². The van der Waals surface area contributed by atoms with Crippen LogP contribution in [0.5, 0.6) is 0 Å². The molecule has 2 aromatic rings. The summed E-state index contributed by atoms with van der Waals surface area (Å²) in [6.45, 7) is 18.0. The van der Waals surface area contributed by atoms with Crippen LogP contribution in [0.15, 0.2) is 54.1 Å². The van der Waals surface area contributed by atoms with Gasteiger partial charge in [-0.1, -0.05) is 55.8 Å². The maximum absolute atomic E-state index is 13.2. The van der Waals surface area contributed by atoms with Crippen LogP contribution in [0.25, 0.3) is 5.57 Å². The Morgan fingerprint density at radius 3 is 2.07 bits per heavy atom. The number of carbonyl (C=O) groups excluding carboxylic acids is 3. The number of hydrogen-bond donors (Lipinski definition) is 2. The highest BCUT2D eigenvalue weighted by atomic mass is 16.6. The highest BCUT2D eigenvalue weighted by molar-refractivity contribution is 6.61. The minimum Gasteiger partial charge on any atom is -0.465 e. The average Bonchev–Trinajstić information content (AvgIpc) is 3.22. The number of carbonyl (C=O) groups is 3. The maximum Gasteiger partial charge on any atom is 0.494 e. The Kier molecular flexibility index (Phi) is 13.4. The number of amides is 2. The number of esters is 1. The molecule has 0 spiro atoms. The normalized spacial score (nSPS) is 15.7. The number of ether oxygens (including phenoxy) is 1. The molecule has 0 radical (unpaired) electrons. The third kappa shape index (κ3) is 10.3. The first kappa shape index (κ1) is 36.0. The van der Waals surface area contributed by atoms with Gasteiger partial charge in [0.05, 0.1) is 0 Å². The van der Waals surface area contributed by atoms with E-state index in [0.29, 0.717) is 25.1 Å². The van der Waals surface area contributed by atoms with Crippen molar-refractivity contribution < 1.29 is 28.4 Å². The predicted molar refractivity (Wildman–Crippen MR) is 181 cm³/mol. The van der Waals surface area contributed by atoms with Crippen LogP contribution in [-0.2, 0) is 28.4 Å². The van der Waals surface area contributed by atoms with Crippen LogP contribution in [-0.4, -0.2) is 49.8 Å². The molecule has 0 aliphatic heterocycles. The summed E-state index contributed by atoms with van der Waals surface area (Å²) >= 11 is 0. The van der Waals surface area contributed by atoms with Gasteiger partial charge in [0.25, 0.3) is 0 Å². The molecule has 2 amide bonds. The van der Waals surface area contributed by atoms with E-state index in [1.54, 1.807) is 19.1 Å². The third-order valence-electron chi connectivity index (χ3n) is 8.30. The molecule has 8 nitrogen and oxygen atoms in total. The van der Waals surface area contributed by atoms with Crippen molar-refractivity contribution in [3.63, 3.8) is 0 Å². The van der Waals surface area contributed by atoms with Gasteiger partial charge in [0.2, 0.25) is 11.8 Å². The van der Waals surface area contributed by atoms with E-state index in [0.717, 1.165) is 5.46 Å². The molecule has 9 heteroatoms. The largest absolute Gasteiger partial charge is 0.494 e. The van der Waals surface area contributed by atoms with E-state index in [-0.39, 0.29) is 54.2 Å². The van der Waals surface area contributed by atoms with Crippen LogP contribution >= 0.6 is 0 Å². The number of rotatable bonds is 16. The lowest BCUT2D eigenvalue weighted by Gasteiger charge is -2.23. The zero-order valence-electron chi connectivity index (χ0n) is 28.4. The molecule has 0 saturated heterocycles. The van der Waals surface area contributed by atoms with Gasteiger partial charge in [-0.15, -0.1) is 0 Å². The van der Waals surface area contributed by atoms with E-state index >= 15 is 0 Å². The van der Waals surface area contributed by atoms with Crippen molar-refractivity contribution in [2.75, 3.05) is 11.9 Å². The number of fused-ring (bicyclic) bond motifs is 1. The lowest BCUT2D eigenvalue weighted by molar-refractivity contribution is -0.144. The Hall–Kier alpha value is -3.43. The summed E-state index contributed by atoms with van der Waals surface area (Å²) < 4.78 is 17.5. The van der Waals surface area contributed by atoms with Crippen molar-refractivity contribution in [2.24, 2.45) is 11.8 Å². The molecule has 2 N–H and O–H groups in total. The standard InChI is InChI=1S/C36H51BN2O6/c1-22(2)30(15-12-16-34(40)43-21-33-26(8)25(7)31-13-10-11-14-32(31)33)36(42)38-27(9)35(41)39-29-19-17-28(18-20-29)37(44-23(3)4)45-24(5)6/h10-11,13-14,17-20,22-24,27,30,33H,12,15-16,21H2,1-9H3,(H,38,42)(H,39,41). The van der Waals surface area contributed by atoms with E-state index in [4.69, 9.17) is 14.0 Å². The lowest BCUT2D eigenvalue weighted by Crippen LogP contribution is -2.45. The highest BCUT2D eigenvalue weighted by Crippen LogP contribution is 2.41. The van der Waals surface area contributed by atoms with E-state index in [2.05, 4.69) is 36.6 Å². The van der Waals surface area contributed by atoms with Gasteiger partial charge in [0.1, 0.15) is 12.6 Å². The molecule has 0 bridgehead atoms. The SMILES string of the molecule is CC1=C(C)C(COC(=O)CCCC(C(=O)NC(C)C(=O)Nc2ccc(B(OC(C)C)OC(C)C)cc2)C(C)C)c2ccccc21. The van der Waals surface area contributed by atoms with Gasteiger partial charge in [-0.2, -0.15) is 0 Å². The first-order valence-corrected chi connectivity index (χ1v) is 16.2. The number of allylic oxidation sites excluding steroid dienone is 1. The molecule has 3 atom stereocenters. The van der Waals surface area contributed by atoms with E-state index in [1.807, 2.05) is 65.8 Å². The zero-order valence-corrected chi connectivity index (χ0v) is 28.4. The number of benzene rings is 2. The van der Waals surface area contributed by atoms with Crippen molar-refractivity contribution in [3.05, 3.63) is 65.2 Å². The maximum atomic E-state index is 13.2. The molecule has 1 aliphatic rings. The summed E-state index contributed by atoms with van der Waals surface area (Å²) in [5.74, 6) is -0.980. The number of nitrogens with one attached hydrogen (secondary N) is 2. The summed E-state index contributed by atoms with van der Waals surface area (Å²) in [4.78, 5) is 38.7. The fourth-order valence-electron chi connectivity index (χ4n) is 5.59. The van der Waals surface area contributed by atoms with Crippen LogP contribution < -0.4 is 16.1 Å². The molecular formula is C36H51BN2O6. The Balaban J connectivity index is 1.46. The van der Waals surface area contributed by atoms with Crippen molar-refractivity contribution >= 4 is 41.6 Å². The Morgan fingerprint density at radius 1 is 0.844 bits per heavy atom. The van der Waals surface area contributed by atoms with Crippen molar-refractivity contribution in [2.45, 2.75) is 106 Å².